The Kier molecular flexibility index (Phi) is 4.61. The lowest BCUT2D eigenvalue weighted by molar-refractivity contribution is 0.0675. The molecule has 0 saturated carbocycles. The summed E-state index contributed by atoms with van der Waals surface area (Å²) in [4.78, 5) is 28.0. The minimum atomic E-state index is -0.325. The first kappa shape index (κ1) is 17.6. The zero-order chi connectivity index (χ0) is 19.0. The SMILES string of the molecule is Cc1ccn(-c2ccc3c(c2)OCO3)c(=O)c1C(=O)N1CCCC(CN)C1. The smallest absolute Gasteiger partial charge is 0.268 e. The van der Waals surface area contributed by atoms with E-state index in [1.54, 1.807) is 42.3 Å². The average Bonchev–Trinajstić information content (AvgIpc) is 3.16. The van der Waals surface area contributed by atoms with Crippen LogP contribution in [0.25, 0.3) is 5.69 Å². The number of amides is 1. The van der Waals surface area contributed by atoms with E-state index in [1.807, 2.05) is 0 Å². The number of nitrogens with zero attached hydrogens (tertiary/aromatic N) is 2. The highest BCUT2D eigenvalue weighted by Gasteiger charge is 2.27. The normalized spacial score (nSPS) is 18.6. The van der Waals surface area contributed by atoms with Crippen molar-refractivity contribution in [2.24, 2.45) is 11.7 Å². The molecule has 142 valence electrons. The van der Waals surface area contributed by atoms with Gasteiger partial charge in [0.25, 0.3) is 11.5 Å². The first-order valence-corrected chi connectivity index (χ1v) is 9.20. The van der Waals surface area contributed by atoms with Crippen LogP contribution in [0.5, 0.6) is 11.5 Å². The number of hydrogen-bond donors (Lipinski definition) is 1. The fraction of sp³-hybridized carbons (Fsp3) is 0.400. The second kappa shape index (κ2) is 7.08. The van der Waals surface area contributed by atoms with Gasteiger partial charge in [-0.25, -0.2) is 0 Å². The van der Waals surface area contributed by atoms with Crippen LogP contribution in [0.3, 0.4) is 0 Å². The fourth-order valence-corrected chi connectivity index (χ4v) is 3.73. The number of nitrogens with two attached hydrogens (primary N) is 1. The van der Waals surface area contributed by atoms with Crippen LogP contribution in [0, 0.1) is 12.8 Å². The zero-order valence-electron chi connectivity index (χ0n) is 15.3. The van der Waals surface area contributed by atoms with Gasteiger partial charge in [-0.15, -0.1) is 0 Å². The van der Waals surface area contributed by atoms with Gasteiger partial charge in [-0.05, 0) is 56.0 Å². The summed E-state index contributed by atoms with van der Waals surface area (Å²) in [6.07, 6.45) is 3.62. The molecule has 1 aromatic carbocycles. The summed E-state index contributed by atoms with van der Waals surface area (Å²) in [5.41, 5.74) is 6.99. The third kappa shape index (κ3) is 3.19. The number of likely N-dealkylation sites (tertiary alicyclic amines) is 1. The summed E-state index contributed by atoms with van der Waals surface area (Å²) < 4.78 is 12.2. The molecule has 0 radical (unpaired) electrons. The Morgan fingerprint density at radius 3 is 2.89 bits per heavy atom. The van der Waals surface area contributed by atoms with Crippen molar-refractivity contribution in [1.82, 2.24) is 9.47 Å². The monoisotopic (exact) mass is 369 g/mol. The number of carbonyl (C=O) groups excluding carboxylic acids is 1. The summed E-state index contributed by atoms with van der Waals surface area (Å²) >= 11 is 0. The largest absolute Gasteiger partial charge is 0.454 e. The van der Waals surface area contributed by atoms with Gasteiger partial charge >= 0.3 is 0 Å². The molecular weight excluding hydrogens is 346 g/mol. The predicted molar refractivity (Wildman–Crippen MR) is 101 cm³/mol. The van der Waals surface area contributed by atoms with E-state index in [2.05, 4.69) is 0 Å². The number of aromatic nitrogens is 1. The van der Waals surface area contributed by atoms with E-state index in [1.165, 1.54) is 4.57 Å². The number of aryl methyl sites for hydroxylation is 1. The number of benzene rings is 1. The van der Waals surface area contributed by atoms with Crippen molar-refractivity contribution < 1.29 is 14.3 Å². The van der Waals surface area contributed by atoms with Gasteiger partial charge in [-0.2, -0.15) is 0 Å². The third-order valence-corrected chi connectivity index (χ3v) is 5.29. The Labute approximate surface area is 157 Å². The molecule has 1 unspecified atom stereocenters. The van der Waals surface area contributed by atoms with Crippen LogP contribution in [0.1, 0.15) is 28.8 Å². The molecule has 1 atom stereocenters. The quantitative estimate of drug-likeness (QED) is 0.890. The molecule has 1 amide bonds. The number of piperidine rings is 1. The summed E-state index contributed by atoms with van der Waals surface area (Å²) in [6.45, 7) is 3.78. The lowest BCUT2D eigenvalue weighted by Gasteiger charge is -2.32. The van der Waals surface area contributed by atoms with E-state index < -0.39 is 0 Å². The lowest BCUT2D eigenvalue weighted by atomic mass is 9.97. The van der Waals surface area contributed by atoms with E-state index in [-0.39, 0.29) is 23.8 Å². The van der Waals surface area contributed by atoms with Crippen molar-refractivity contribution in [3.05, 3.63) is 51.9 Å². The molecule has 1 saturated heterocycles. The summed E-state index contributed by atoms with van der Waals surface area (Å²) in [5, 5.41) is 0. The minimum Gasteiger partial charge on any atom is -0.454 e. The van der Waals surface area contributed by atoms with Crippen molar-refractivity contribution in [3.63, 3.8) is 0 Å². The molecule has 1 fully saturated rings. The fourth-order valence-electron chi connectivity index (χ4n) is 3.73. The maximum Gasteiger partial charge on any atom is 0.268 e. The van der Waals surface area contributed by atoms with Crippen molar-refractivity contribution in [3.8, 4) is 17.2 Å². The van der Waals surface area contributed by atoms with Gasteiger partial charge in [0.2, 0.25) is 6.79 Å². The molecule has 2 aromatic rings. The second-order valence-corrected chi connectivity index (χ2v) is 7.08. The van der Waals surface area contributed by atoms with Gasteiger partial charge in [0, 0.05) is 25.4 Å². The van der Waals surface area contributed by atoms with E-state index >= 15 is 0 Å². The Bertz CT molecular complexity index is 937. The van der Waals surface area contributed by atoms with Crippen LogP contribution in [-0.2, 0) is 0 Å². The van der Waals surface area contributed by atoms with Crippen LogP contribution in [-0.4, -0.2) is 41.8 Å². The van der Waals surface area contributed by atoms with Gasteiger partial charge in [0.05, 0.1) is 5.69 Å². The van der Waals surface area contributed by atoms with Crippen molar-refractivity contribution in [2.45, 2.75) is 19.8 Å². The van der Waals surface area contributed by atoms with Crippen LogP contribution in [0.15, 0.2) is 35.3 Å². The summed E-state index contributed by atoms with van der Waals surface area (Å²) in [7, 11) is 0. The second-order valence-electron chi connectivity index (χ2n) is 7.08. The van der Waals surface area contributed by atoms with Crippen LogP contribution < -0.4 is 20.8 Å². The molecule has 27 heavy (non-hydrogen) atoms. The summed E-state index contributed by atoms with van der Waals surface area (Å²) in [6, 6.07) is 7.09. The molecular formula is C20H23N3O4. The maximum absolute atomic E-state index is 13.1. The number of hydrogen-bond acceptors (Lipinski definition) is 5. The molecule has 0 aliphatic carbocycles. The number of pyridine rings is 1. The molecule has 7 nitrogen and oxygen atoms in total. The van der Waals surface area contributed by atoms with Gasteiger partial charge < -0.3 is 20.1 Å². The van der Waals surface area contributed by atoms with Crippen molar-refractivity contribution >= 4 is 5.91 Å². The number of fused-ring (bicyclic) bond motifs is 1. The van der Waals surface area contributed by atoms with Gasteiger partial charge in [-0.1, -0.05) is 0 Å². The number of ether oxygens (including phenoxy) is 2. The van der Waals surface area contributed by atoms with Crippen molar-refractivity contribution in [2.75, 3.05) is 26.4 Å². The average molecular weight is 369 g/mol. The maximum atomic E-state index is 13.1. The summed E-state index contributed by atoms with van der Waals surface area (Å²) in [5.74, 6) is 1.32. The van der Waals surface area contributed by atoms with Crippen LogP contribution in [0.4, 0.5) is 0 Å². The Balaban J connectivity index is 1.71. The van der Waals surface area contributed by atoms with Crippen molar-refractivity contribution in [1.29, 1.82) is 0 Å². The molecule has 0 spiro atoms. The first-order valence-electron chi connectivity index (χ1n) is 9.20. The Morgan fingerprint density at radius 2 is 2.07 bits per heavy atom. The van der Waals surface area contributed by atoms with E-state index in [0.717, 1.165) is 12.8 Å². The van der Waals surface area contributed by atoms with E-state index in [9.17, 15) is 9.59 Å². The van der Waals surface area contributed by atoms with Crippen LogP contribution >= 0.6 is 0 Å². The molecule has 2 N–H and O–H groups in total. The highest BCUT2D eigenvalue weighted by Crippen LogP contribution is 2.33. The molecule has 4 rings (SSSR count). The lowest BCUT2D eigenvalue weighted by Crippen LogP contribution is -2.44. The highest BCUT2D eigenvalue weighted by molar-refractivity contribution is 5.95. The minimum absolute atomic E-state index is 0.169. The Morgan fingerprint density at radius 1 is 1.26 bits per heavy atom. The van der Waals surface area contributed by atoms with Crippen LogP contribution in [0.2, 0.25) is 0 Å². The molecule has 3 heterocycles. The zero-order valence-corrected chi connectivity index (χ0v) is 15.3. The van der Waals surface area contributed by atoms with E-state index in [4.69, 9.17) is 15.2 Å². The molecule has 2 aliphatic rings. The number of rotatable bonds is 3. The topological polar surface area (TPSA) is 86.8 Å². The highest BCUT2D eigenvalue weighted by atomic mass is 16.7. The molecule has 7 heteroatoms. The first-order chi connectivity index (χ1) is 13.1. The number of carbonyl (C=O) groups is 1. The molecule has 0 bridgehead atoms. The van der Waals surface area contributed by atoms with Gasteiger partial charge in [-0.3, -0.25) is 14.2 Å². The standard InChI is InChI=1S/C20H23N3O4/c1-13-6-8-23(15-4-5-16-17(9-15)27-12-26-16)20(25)18(13)19(24)22-7-2-3-14(10-21)11-22/h4-6,8-9,14H,2-3,7,10-12,21H2,1H3. The third-order valence-electron chi connectivity index (χ3n) is 5.29. The molecule has 1 aromatic heterocycles. The van der Waals surface area contributed by atoms with Gasteiger partial charge in [0.15, 0.2) is 11.5 Å². The Hall–Kier alpha value is -2.80. The van der Waals surface area contributed by atoms with Gasteiger partial charge in [0.1, 0.15) is 5.56 Å². The molecule has 2 aliphatic heterocycles. The van der Waals surface area contributed by atoms with E-state index in [0.29, 0.717) is 48.3 Å². The predicted octanol–water partition coefficient (Wildman–Crippen LogP) is 1.69.